The van der Waals surface area contributed by atoms with Crippen molar-refractivity contribution in [1.29, 1.82) is 0 Å². The molecule has 0 N–H and O–H groups in total. The highest BCUT2D eigenvalue weighted by Gasteiger charge is 2.08. The van der Waals surface area contributed by atoms with E-state index in [-0.39, 0.29) is 5.78 Å². The maximum absolute atomic E-state index is 11.6. The summed E-state index contributed by atoms with van der Waals surface area (Å²) < 4.78 is 5.39. The van der Waals surface area contributed by atoms with E-state index in [2.05, 4.69) is 14.7 Å². The Kier molecular flexibility index (Phi) is 2.86. The van der Waals surface area contributed by atoms with Crippen LogP contribution in [0, 0.1) is 0 Å². The van der Waals surface area contributed by atoms with Gasteiger partial charge in [-0.25, -0.2) is 0 Å². The lowest BCUT2D eigenvalue weighted by Gasteiger charge is -1.94. The Balaban J connectivity index is 1.91. The van der Waals surface area contributed by atoms with Crippen LogP contribution in [0.5, 0.6) is 0 Å². The minimum Gasteiger partial charge on any atom is -0.293 e. The van der Waals surface area contributed by atoms with Crippen LogP contribution < -0.4 is 0 Å². The number of hydrogen-bond acceptors (Lipinski definition) is 5. The van der Waals surface area contributed by atoms with Gasteiger partial charge in [0.25, 0.3) is 0 Å². The Morgan fingerprint density at radius 3 is 3.00 bits per heavy atom. The van der Waals surface area contributed by atoms with Gasteiger partial charge in [0.2, 0.25) is 0 Å². The maximum Gasteiger partial charge on any atom is 0.176 e. The molecule has 2 aromatic heterocycles. The SMILES string of the molecule is Cn1cc(CCC(=O)c2cnns2)cn1. The number of ketones is 1. The smallest absolute Gasteiger partial charge is 0.176 e. The summed E-state index contributed by atoms with van der Waals surface area (Å²) in [4.78, 5) is 12.2. The Morgan fingerprint density at radius 1 is 1.53 bits per heavy atom. The molecule has 0 fully saturated rings. The number of rotatable bonds is 4. The molecule has 0 unspecified atom stereocenters. The molecule has 0 amide bonds. The quantitative estimate of drug-likeness (QED) is 0.726. The van der Waals surface area contributed by atoms with E-state index in [1.807, 2.05) is 13.2 Å². The minimum atomic E-state index is 0.0915. The topological polar surface area (TPSA) is 60.7 Å². The molecule has 0 radical (unpaired) electrons. The van der Waals surface area contributed by atoms with Gasteiger partial charge in [0.1, 0.15) is 4.88 Å². The predicted octanol–water partition coefficient (Wildman–Crippen LogP) is 1.09. The van der Waals surface area contributed by atoms with Crippen molar-refractivity contribution >= 4 is 17.3 Å². The van der Waals surface area contributed by atoms with Gasteiger partial charge < -0.3 is 0 Å². The molecule has 6 heteroatoms. The van der Waals surface area contributed by atoms with E-state index < -0.39 is 0 Å². The molecule has 2 aromatic rings. The zero-order valence-electron chi connectivity index (χ0n) is 8.25. The molecule has 2 heterocycles. The van der Waals surface area contributed by atoms with E-state index in [1.54, 1.807) is 10.9 Å². The van der Waals surface area contributed by atoms with Crippen LogP contribution in [0.1, 0.15) is 21.7 Å². The number of carbonyl (C=O) groups is 1. The highest BCUT2D eigenvalue weighted by molar-refractivity contribution is 7.07. The van der Waals surface area contributed by atoms with Gasteiger partial charge in [0.15, 0.2) is 5.78 Å². The van der Waals surface area contributed by atoms with E-state index in [0.717, 1.165) is 17.1 Å². The lowest BCUT2D eigenvalue weighted by molar-refractivity contribution is 0.0986. The zero-order chi connectivity index (χ0) is 10.7. The number of nitrogens with zero attached hydrogens (tertiary/aromatic N) is 4. The first-order valence-electron chi connectivity index (χ1n) is 4.54. The second-order valence-corrected chi connectivity index (χ2v) is 4.01. The normalized spacial score (nSPS) is 10.5. The van der Waals surface area contributed by atoms with Crippen molar-refractivity contribution in [2.75, 3.05) is 0 Å². The molecule has 0 aromatic carbocycles. The van der Waals surface area contributed by atoms with Crippen molar-refractivity contribution in [3.05, 3.63) is 29.0 Å². The molecule has 0 saturated heterocycles. The van der Waals surface area contributed by atoms with Gasteiger partial charge in [-0.15, -0.1) is 5.10 Å². The summed E-state index contributed by atoms with van der Waals surface area (Å²) in [6, 6.07) is 0. The first-order valence-corrected chi connectivity index (χ1v) is 5.31. The van der Waals surface area contributed by atoms with Gasteiger partial charge in [-0.1, -0.05) is 4.49 Å². The first-order chi connectivity index (χ1) is 7.25. The third-order valence-corrected chi connectivity index (χ3v) is 2.74. The van der Waals surface area contributed by atoms with Crippen molar-refractivity contribution in [3.63, 3.8) is 0 Å². The van der Waals surface area contributed by atoms with E-state index in [1.165, 1.54) is 6.20 Å². The van der Waals surface area contributed by atoms with Crippen molar-refractivity contribution in [1.82, 2.24) is 19.4 Å². The fourth-order valence-electron chi connectivity index (χ4n) is 1.27. The molecule has 15 heavy (non-hydrogen) atoms. The molecule has 78 valence electrons. The predicted molar refractivity (Wildman–Crippen MR) is 55.8 cm³/mol. The molecule has 0 atom stereocenters. The molecule has 0 spiro atoms. The number of aromatic nitrogens is 4. The van der Waals surface area contributed by atoms with Crippen LogP contribution in [0.2, 0.25) is 0 Å². The monoisotopic (exact) mass is 222 g/mol. The molecule has 0 aliphatic carbocycles. The number of aryl methyl sites for hydroxylation is 2. The van der Waals surface area contributed by atoms with E-state index in [4.69, 9.17) is 0 Å². The summed E-state index contributed by atoms with van der Waals surface area (Å²) in [7, 11) is 1.86. The Hall–Kier alpha value is -1.56. The summed E-state index contributed by atoms with van der Waals surface area (Å²) in [5.41, 5.74) is 1.07. The highest BCUT2D eigenvalue weighted by atomic mass is 32.1. The van der Waals surface area contributed by atoms with E-state index in [0.29, 0.717) is 17.7 Å². The standard InChI is InChI=1S/C9H10N4OS/c1-13-6-7(4-11-13)2-3-8(14)9-5-10-12-15-9/h4-6H,2-3H2,1H3. The van der Waals surface area contributed by atoms with Gasteiger partial charge in [-0.05, 0) is 23.5 Å². The van der Waals surface area contributed by atoms with E-state index in [9.17, 15) is 4.79 Å². The van der Waals surface area contributed by atoms with Crippen LogP contribution in [-0.2, 0) is 13.5 Å². The summed E-state index contributed by atoms with van der Waals surface area (Å²) in [5.74, 6) is 0.0915. The molecule has 2 rings (SSSR count). The number of Topliss-reactive ketones (excluding diaryl/α,β-unsaturated/α-hetero) is 1. The zero-order valence-corrected chi connectivity index (χ0v) is 9.07. The minimum absolute atomic E-state index is 0.0915. The van der Waals surface area contributed by atoms with Crippen molar-refractivity contribution in [3.8, 4) is 0 Å². The molecule has 0 saturated carbocycles. The van der Waals surface area contributed by atoms with Crippen molar-refractivity contribution in [2.24, 2.45) is 7.05 Å². The molecule has 0 aliphatic heterocycles. The summed E-state index contributed by atoms with van der Waals surface area (Å²) in [5, 5.41) is 7.67. The fraction of sp³-hybridized carbons (Fsp3) is 0.333. The summed E-state index contributed by atoms with van der Waals surface area (Å²) in [6.45, 7) is 0. The molecule has 0 bridgehead atoms. The van der Waals surface area contributed by atoms with Crippen LogP contribution in [0.15, 0.2) is 18.6 Å². The van der Waals surface area contributed by atoms with E-state index >= 15 is 0 Å². The number of carbonyl (C=O) groups excluding carboxylic acids is 1. The average Bonchev–Trinajstić information content (AvgIpc) is 2.84. The van der Waals surface area contributed by atoms with Gasteiger partial charge in [-0.3, -0.25) is 9.48 Å². The van der Waals surface area contributed by atoms with Crippen molar-refractivity contribution in [2.45, 2.75) is 12.8 Å². The Labute approximate surface area is 90.9 Å². The highest BCUT2D eigenvalue weighted by Crippen LogP contribution is 2.09. The summed E-state index contributed by atoms with van der Waals surface area (Å²) >= 11 is 1.14. The van der Waals surface area contributed by atoms with Crippen LogP contribution >= 0.6 is 11.5 Å². The van der Waals surface area contributed by atoms with Crippen molar-refractivity contribution < 1.29 is 4.79 Å². The maximum atomic E-state index is 11.6. The Morgan fingerprint density at radius 2 is 2.40 bits per heavy atom. The fourth-order valence-corrected chi connectivity index (χ4v) is 1.75. The van der Waals surface area contributed by atoms with Gasteiger partial charge in [0.05, 0.1) is 12.4 Å². The van der Waals surface area contributed by atoms with Gasteiger partial charge >= 0.3 is 0 Å². The Bertz CT molecular complexity index is 448. The molecular weight excluding hydrogens is 212 g/mol. The molecule has 5 nitrogen and oxygen atoms in total. The van der Waals surface area contributed by atoms with Crippen LogP contribution in [0.25, 0.3) is 0 Å². The second kappa shape index (κ2) is 4.31. The average molecular weight is 222 g/mol. The molecule has 0 aliphatic rings. The third kappa shape index (κ3) is 2.47. The van der Waals surface area contributed by atoms with Crippen LogP contribution in [-0.4, -0.2) is 25.2 Å². The second-order valence-electron chi connectivity index (χ2n) is 3.23. The van der Waals surface area contributed by atoms with Crippen LogP contribution in [0.3, 0.4) is 0 Å². The molecular formula is C9H10N4OS. The lowest BCUT2D eigenvalue weighted by Crippen LogP contribution is -1.98. The lowest BCUT2D eigenvalue weighted by atomic mass is 10.1. The number of hydrogen-bond donors (Lipinski definition) is 0. The summed E-state index contributed by atoms with van der Waals surface area (Å²) in [6.07, 6.45) is 6.40. The largest absolute Gasteiger partial charge is 0.293 e. The van der Waals surface area contributed by atoms with Crippen LogP contribution in [0.4, 0.5) is 0 Å². The van der Waals surface area contributed by atoms with Gasteiger partial charge in [-0.2, -0.15) is 5.10 Å². The third-order valence-electron chi connectivity index (χ3n) is 2.04. The first kappa shape index (κ1) is 9.97. The van der Waals surface area contributed by atoms with Gasteiger partial charge in [0, 0.05) is 19.7 Å².